The lowest BCUT2D eigenvalue weighted by atomic mass is 9.82. The molecule has 200 valence electrons. The molecule has 0 aliphatic carbocycles. The standard InChI is InChI=1S/C29H33N3O5S/c1-3-17-29(18-16-22-11-6-5-7-12-22)21-25(33)27(28(34)37-29)32(4-2)24-14-10-13-23(20-24)31-38(35,36)26-15-8-9-19-30-26/h5-15,19-20,27,31H,3-4,16-18,21H2,1-2H3. The Morgan fingerprint density at radius 2 is 1.76 bits per heavy atom. The highest BCUT2D eigenvalue weighted by molar-refractivity contribution is 7.92. The van der Waals surface area contributed by atoms with Crippen molar-refractivity contribution in [3.8, 4) is 0 Å². The minimum absolute atomic E-state index is 0.105. The van der Waals surface area contributed by atoms with Crippen LogP contribution in [0.3, 0.4) is 0 Å². The van der Waals surface area contributed by atoms with Crippen LogP contribution < -0.4 is 9.62 Å². The number of carbonyl (C=O) groups is 2. The van der Waals surface area contributed by atoms with Crippen molar-refractivity contribution < 1.29 is 22.7 Å². The SMILES string of the molecule is CCCC1(CCc2ccccc2)CC(=O)C(N(CC)c2cccc(NS(=O)(=O)c3ccccn3)c2)C(=O)O1. The Hall–Kier alpha value is -3.72. The maximum Gasteiger partial charge on any atom is 0.337 e. The van der Waals surface area contributed by atoms with E-state index in [1.165, 1.54) is 12.3 Å². The molecule has 2 heterocycles. The van der Waals surface area contributed by atoms with Crippen LogP contribution in [0.25, 0.3) is 0 Å². The number of carbonyl (C=O) groups excluding carboxylic acids is 2. The number of rotatable bonds is 11. The number of pyridine rings is 1. The van der Waals surface area contributed by atoms with Crippen molar-refractivity contribution in [2.24, 2.45) is 0 Å². The number of sulfonamides is 1. The number of ketones is 1. The van der Waals surface area contributed by atoms with Crippen LogP contribution in [0, 0.1) is 0 Å². The minimum atomic E-state index is -3.90. The normalized spacial score (nSPS) is 19.6. The zero-order valence-electron chi connectivity index (χ0n) is 21.7. The van der Waals surface area contributed by atoms with Gasteiger partial charge in [0, 0.05) is 24.8 Å². The molecule has 1 aromatic heterocycles. The van der Waals surface area contributed by atoms with E-state index >= 15 is 0 Å². The Bertz CT molecular complexity index is 1350. The van der Waals surface area contributed by atoms with E-state index in [0.717, 1.165) is 12.0 Å². The smallest absolute Gasteiger partial charge is 0.337 e. The van der Waals surface area contributed by atoms with Gasteiger partial charge in [-0.2, -0.15) is 8.42 Å². The molecule has 0 saturated carbocycles. The number of benzene rings is 2. The van der Waals surface area contributed by atoms with Crippen molar-refractivity contribution in [1.29, 1.82) is 0 Å². The first-order valence-corrected chi connectivity index (χ1v) is 14.4. The fourth-order valence-corrected chi connectivity index (χ4v) is 6.00. The van der Waals surface area contributed by atoms with Gasteiger partial charge in [-0.05, 0) is 62.1 Å². The van der Waals surface area contributed by atoms with Gasteiger partial charge < -0.3 is 9.64 Å². The molecule has 38 heavy (non-hydrogen) atoms. The summed E-state index contributed by atoms with van der Waals surface area (Å²) in [7, 11) is -3.90. The topological polar surface area (TPSA) is 106 Å². The van der Waals surface area contributed by atoms with Crippen LogP contribution >= 0.6 is 0 Å². The Kier molecular flexibility index (Phi) is 8.46. The Morgan fingerprint density at radius 3 is 2.42 bits per heavy atom. The molecule has 1 saturated heterocycles. The number of ether oxygens (including phenoxy) is 1. The van der Waals surface area contributed by atoms with Crippen LogP contribution in [-0.4, -0.2) is 43.3 Å². The molecule has 2 atom stereocenters. The highest BCUT2D eigenvalue weighted by Crippen LogP contribution is 2.36. The first kappa shape index (κ1) is 27.3. The average Bonchev–Trinajstić information content (AvgIpc) is 2.91. The number of hydrogen-bond acceptors (Lipinski definition) is 7. The van der Waals surface area contributed by atoms with Gasteiger partial charge >= 0.3 is 5.97 Å². The van der Waals surface area contributed by atoms with Crippen molar-refractivity contribution >= 4 is 33.2 Å². The number of aromatic nitrogens is 1. The van der Waals surface area contributed by atoms with E-state index in [2.05, 4.69) is 9.71 Å². The van der Waals surface area contributed by atoms with Crippen LogP contribution in [0.15, 0.2) is 84.0 Å². The lowest BCUT2D eigenvalue weighted by Gasteiger charge is -2.42. The van der Waals surface area contributed by atoms with Gasteiger partial charge in [-0.3, -0.25) is 9.52 Å². The number of aryl methyl sites for hydroxylation is 1. The molecule has 8 nitrogen and oxygen atoms in total. The van der Waals surface area contributed by atoms with Gasteiger partial charge in [-0.1, -0.05) is 55.8 Å². The number of anilines is 2. The molecular formula is C29H33N3O5S. The third-order valence-corrected chi connectivity index (χ3v) is 8.05. The van der Waals surface area contributed by atoms with Gasteiger partial charge in [-0.15, -0.1) is 0 Å². The van der Waals surface area contributed by atoms with Crippen molar-refractivity contribution in [2.45, 2.75) is 62.6 Å². The maximum atomic E-state index is 13.5. The summed E-state index contributed by atoms with van der Waals surface area (Å²) in [6.07, 6.45) is 4.24. The third-order valence-electron chi connectivity index (χ3n) is 6.75. The second kappa shape index (κ2) is 11.8. The number of Topliss-reactive ketones (excluding diaryl/α,β-unsaturated/α-hetero) is 1. The van der Waals surface area contributed by atoms with Gasteiger partial charge in [0.1, 0.15) is 5.60 Å². The van der Waals surface area contributed by atoms with Gasteiger partial charge in [0.2, 0.25) is 0 Å². The van der Waals surface area contributed by atoms with E-state index in [0.29, 0.717) is 37.2 Å². The number of nitrogens with one attached hydrogen (secondary N) is 1. The summed E-state index contributed by atoms with van der Waals surface area (Å²) < 4.78 is 34.1. The van der Waals surface area contributed by atoms with E-state index in [1.807, 2.05) is 44.2 Å². The minimum Gasteiger partial charge on any atom is -0.457 e. The number of hydrogen-bond donors (Lipinski definition) is 1. The van der Waals surface area contributed by atoms with E-state index in [4.69, 9.17) is 4.74 Å². The van der Waals surface area contributed by atoms with Crippen molar-refractivity contribution in [3.63, 3.8) is 0 Å². The molecule has 2 unspecified atom stereocenters. The van der Waals surface area contributed by atoms with E-state index in [-0.39, 0.29) is 17.2 Å². The van der Waals surface area contributed by atoms with Crippen LogP contribution in [0.4, 0.5) is 11.4 Å². The summed E-state index contributed by atoms with van der Waals surface area (Å²) in [6.45, 7) is 4.21. The molecule has 1 fully saturated rings. The summed E-state index contributed by atoms with van der Waals surface area (Å²) >= 11 is 0. The van der Waals surface area contributed by atoms with Gasteiger partial charge in [0.05, 0.1) is 5.69 Å². The summed E-state index contributed by atoms with van der Waals surface area (Å²) in [4.78, 5) is 32.5. The summed E-state index contributed by atoms with van der Waals surface area (Å²) in [5.41, 5.74) is 1.14. The second-order valence-electron chi connectivity index (χ2n) is 9.50. The zero-order valence-corrected chi connectivity index (χ0v) is 22.5. The van der Waals surface area contributed by atoms with E-state index in [9.17, 15) is 18.0 Å². The second-order valence-corrected chi connectivity index (χ2v) is 11.1. The van der Waals surface area contributed by atoms with Crippen LogP contribution in [0.5, 0.6) is 0 Å². The molecule has 2 aromatic carbocycles. The molecule has 4 rings (SSSR count). The summed E-state index contributed by atoms with van der Waals surface area (Å²) in [6, 6.07) is 20.1. The fraction of sp³-hybridized carbons (Fsp3) is 0.345. The lowest BCUT2D eigenvalue weighted by Crippen LogP contribution is -2.57. The molecule has 1 N–H and O–H groups in total. The van der Waals surface area contributed by atoms with Crippen molar-refractivity contribution in [3.05, 3.63) is 84.6 Å². The molecule has 0 radical (unpaired) electrons. The third kappa shape index (κ3) is 6.22. The quantitative estimate of drug-likeness (QED) is 0.279. The van der Waals surface area contributed by atoms with Gasteiger partial charge in [0.15, 0.2) is 16.9 Å². The molecule has 3 aromatic rings. The summed E-state index contributed by atoms with van der Waals surface area (Å²) in [5.74, 6) is -0.756. The highest BCUT2D eigenvalue weighted by atomic mass is 32.2. The summed E-state index contributed by atoms with van der Waals surface area (Å²) in [5, 5.41) is -0.105. The number of nitrogens with zero attached hydrogens (tertiary/aromatic N) is 2. The van der Waals surface area contributed by atoms with Crippen LogP contribution in [0.2, 0.25) is 0 Å². The molecule has 1 aliphatic rings. The maximum absolute atomic E-state index is 13.5. The molecular weight excluding hydrogens is 502 g/mol. The monoisotopic (exact) mass is 535 g/mol. The zero-order chi connectivity index (χ0) is 27.2. The van der Waals surface area contributed by atoms with Crippen molar-refractivity contribution in [1.82, 2.24) is 4.98 Å². The largest absolute Gasteiger partial charge is 0.457 e. The molecule has 0 amide bonds. The van der Waals surface area contributed by atoms with Crippen LogP contribution in [0.1, 0.15) is 45.1 Å². The molecule has 0 bridgehead atoms. The number of esters is 1. The highest BCUT2D eigenvalue weighted by Gasteiger charge is 2.48. The predicted octanol–water partition coefficient (Wildman–Crippen LogP) is 4.77. The lowest BCUT2D eigenvalue weighted by molar-refractivity contribution is -0.174. The average molecular weight is 536 g/mol. The molecule has 0 spiro atoms. The van der Waals surface area contributed by atoms with E-state index in [1.54, 1.807) is 41.3 Å². The predicted molar refractivity (Wildman–Crippen MR) is 146 cm³/mol. The molecule has 1 aliphatic heterocycles. The van der Waals surface area contributed by atoms with Crippen LogP contribution in [-0.2, 0) is 30.8 Å². The Labute approximate surface area is 224 Å². The fourth-order valence-electron chi connectivity index (χ4n) is 5.00. The molecule has 9 heteroatoms. The first-order chi connectivity index (χ1) is 18.3. The first-order valence-electron chi connectivity index (χ1n) is 12.9. The number of cyclic esters (lactones) is 1. The van der Waals surface area contributed by atoms with Gasteiger partial charge in [-0.25, -0.2) is 9.78 Å². The Balaban J connectivity index is 1.53. The van der Waals surface area contributed by atoms with Gasteiger partial charge in [0.25, 0.3) is 10.0 Å². The number of likely N-dealkylation sites (N-methyl/N-ethyl adjacent to an activating group) is 1. The van der Waals surface area contributed by atoms with Crippen molar-refractivity contribution in [2.75, 3.05) is 16.2 Å². The Morgan fingerprint density at radius 1 is 1.00 bits per heavy atom. The van der Waals surface area contributed by atoms with E-state index < -0.39 is 27.6 Å².